The third-order valence-corrected chi connectivity index (χ3v) is 3.33. The van der Waals surface area contributed by atoms with Crippen LogP contribution in [-0.4, -0.2) is 38.1 Å². The lowest BCUT2D eigenvalue weighted by molar-refractivity contribution is 0.312. The first-order chi connectivity index (χ1) is 8.09. The summed E-state index contributed by atoms with van der Waals surface area (Å²) in [4.78, 5) is 4.50. The van der Waals surface area contributed by atoms with Crippen LogP contribution < -0.4 is 10.6 Å². The largest absolute Gasteiger partial charge is 0.369 e. The summed E-state index contributed by atoms with van der Waals surface area (Å²) in [6.07, 6.45) is 0. The molecule has 0 aliphatic carbocycles. The van der Waals surface area contributed by atoms with Gasteiger partial charge in [-0.15, -0.1) is 0 Å². The van der Waals surface area contributed by atoms with Crippen molar-refractivity contribution in [1.29, 1.82) is 0 Å². The number of nitrogens with zero attached hydrogens (tertiary/aromatic N) is 2. The highest BCUT2D eigenvalue weighted by Crippen LogP contribution is 2.28. The Bertz CT molecular complexity index is 384. The van der Waals surface area contributed by atoms with Gasteiger partial charge in [-0.2, -0.15) is 0 Å². The first-order valence-corrected chi connectivity index (χ1v) is 6.07. The number of nitrogens with two attached hydrogens (primary N) is 1. The monoisotopic (exact) mass is 237 g/mol. The van der Waals surface area contributed by atoms with E-state index >= 15 is 0 Å². The van der Waals surface area contributed by atoms with Crippen LogP contribution in [0.1, 0.15) is 18.5 Å². The van der Waals surface area contributed by atoms with Gasteiger partial charge in [0.2, 0.25) is 0 Å². The van der Waals surface area contributed by atoms with Gasteiger partial charge < -0.3 is 15.5 Å². The van der Waals surface area contributed by atoms with Crippen LogP contribution in [0.15, 0.2) is 18.2 Å². The zero-order valence-electron chi connectivity index (χ0n) is 10.5. The van der Waals surface area contributed by atoms with Crippen LogP contribution in [0.3, 0.4) is 0 Å². The summed E-state index contributed by atoms with van der Waals surface area (Å²) in [5, 5.41) is 0. The normalized spacial score (nSPS) is 19.4. The van der Waals surface area contributed by atoms with Crippen molar-refractivity contribution in [2.24, 2.45) is 5.73 Å². The number of piperazine rings is 1. The topological polar surface area (TPSA) is 32.5 Å². The molecular weight excluding hydrogens is 217 g/mol. The molecule has 0 bridgehead atoms. The van der Waals surface area contributed by atoms with E-state index in [2.05, 4.69) is 16.8 Å². The van der Waals surface area contributed by atoms with E-state index in [0.717, 1.165) is 31.9 Å². The van der Waals surface area contributed by atoms with E-state index in [1.54, 1.807) is 6.07 Å². The standard InChI is InChI=1S/C13H20FN3/c1-10(15)13-11(14)4-3-5-12(13)17-8-6-16(2)7-9-17/h3-5,10H,6-9,15H2,1-2H3. The minimum atomic E-state index is -0.272. The lowest BCUT2D eigenvalue weighted by atomic mass is 10.0. The molecule has 2 rings (SSSR count). The third kappa shape index (κ3) is 2.58. The Balaban J connectivity index is 2.28. The van der Waals surface area contributed by atoms with Crippen molar-refractivity contribution in [3.63, 3.8) is 0 Å². The number of hydrogen-bond donors (Lipinski definition) is 1. The predicted octanol–water partition coefficient (Wildman–Crippen LogP) is 1.60. The summed E-state index contributed by atoms with van der Waals surface area (Å²) in [7, 11) is 2.11. The molecule has 1 unspecified atom stereocenters. The second-order valence-corrected chi connectivity index (χ2v) is 4.75. The lowest BCUT2D eigenvalue weighted by Crippen LogP contribution is -2.45. The van der Waals surface area contributed by atoms with Crippen LogP contribution in [0.5, 0.6) is 0 Å². The van der Waals surface area contributed by atoms with Crippen molar-refractivity contribution in [3.8, 4) is 0 Å². The molecule has 4 heteroatoms. The molecule has 1 aromatic carbocycles. The van der Waals surface area contributed by atoms with Gasteiger partial charge in [0.15, 0.2) is 0 Å². The number of anilines is 1. The van der Waals surface area contributed by atoms with Gasteiger partial charge in [-0.3, -0.25) is 0 Å². The first-order valence-electron chi connectivity index (χ1n) is 6.07. The quantitative estimate of drug-likeness (QED) is 0.848. The molecule has 2 N–H and O–H groups in total. The molecule has 1 aliphatic heterocycles. The van der Waals surface area contributed by atoms with Gasteiger partial charge >= 0.3 is 0 Å². The Morgan fingerprint density at radius 3 is 2.47 bits per heavy atom. The Morgan fingerprint density at radius 2 is 1.88 bits per heavy atom. The Kier molecular flexibility index (Phi) is 3.64. The molecular formula is C13H20FN3. The van der Waals surface area contributed by atoms with E-state index in [4.69, 9.17) is 5.73 Å². The Morgan fingerprint density at radius 1 is 1.24 bits per heavy atom. The van der Waals surface area contributed by atoms with Crippen molar-refractivity contribution < 1.29 is 4.39 Å². The number of benzene rings is 1. The van der Waals surface area contributed by atoms with Gasteiger partial charge in [-0.05, 0) is 26.1 Å². The van der Waals surface area contributed by atoms with Gasteiger partial charge in [0.05, 0.1) is 0 Å². The lowest BCUT2D eigenvalue weighted by Gasteiger charge is -2.35. The fourth-order valence-corrected chi connectivity index (χ4v) is 2.30. The van der Waals surface area contributed by atoms with Crippen LogP contribution in [0.25, 0.3) is 0 Å². The zero-order valence-corrected chi connectivity index (χ0v) is 10.5. The SMILES string of the molecule is CC(N)c1c(F)cccc1N1CCN(C)CC1. The van der Waals surface area contributed by atoms with E-state index in [1.807, 2.05) is 13.0 Å². The number of likely N-dealkylation sites (N-methyl/N-ethyl adjacent to an activating group) is 1. The molecule has 3 nitrogen and oxygen atoms in total. The van der Waals surface area contributed by atoms with Gasteiger partial charge in [-0.25, -0.2) is 4.39 Å². The van der Waals surface area contributed by atoms with Crippen molar-refractivity contribution in [1.82, 2.24) is 4.90 Å². The summed E-state index contributed by atoms with van der Waals surface area (Å²) >= 11 is 0. The van der Waals surface area contributed by atoms with Crippen LogP contribution in [0.4, 0.5) is 10.1 Å². The van der Waals surface area contributed by atoms with E-state index in [9.17, 15) is 4.39 Å². The minimum absolute atomic E-state index is 0.198. The summed E-state index contributed by atoms with van der Waals surface area (Å²) < 4.78 is 13.8. The maximum absolute atomic E-state index is 13.8. The highest BCUT2D eigenvalue weighted by molar-refractivity contribution is 5.55. The molecule has 1 fully saturated rings. The van der Waals surface area contributed by atoms with Gasteiger partial charge in [0.25, 0.3) is 0 Å². The summed E-state index contributed by atoms with van der Waals surface area (Å²) in [5.41, 5.74) is 7.46. The van der Waals surface area contributed by atoms with Gasteiger partial charge in [-0.1, -0.05) is 6.07 Å². The van der Waals surface area contributed by atoms with Crippen molar-refractivity contribution in [2.75, 3.05) is 38.1 Å². The maximum atomic E-state index is 13.8. The number of halogens is 1. The highest BCUT2D eigenvalue weighted by atomic mass is 19.1. The van der Waals surface area contributed by atoms with Crippen molar-refractivity contribution >= 4 is 5.69 Å². The summed E-state index contributed by atoms with van der Waals surface area (Å²) in [5.74, 6) is -0.198. The number of hydrogen-bond acceptors (Lipinski definition) is 3. The molecule has 1 saturated heterocycles. The molecule has 1 atom stereocenters. The molecule has 0 aromatic heterocycles. The Hall–Kier alpha value is -1.13. The van der Waals surface area contributed by atoms with Crippen molar-refractivity contribution in [3.05, 3.63) is 29.6 Å². The number of rotatable bonds is 2. The molecule has 1 aliphatic rings. The van der Waals surface area contributed by atoms with Gasteiger partial charge in [0.1, 0.15) is 5.82 Å². The highest BCUT2D eigenvalue weighted by Gasteiger charge is 2.20. The molecule has 1 heterocycles. The molecule has 0 radical (unpaired) electrons. The van der Waals surface area contributed by atoms with E-state index in [-0.39, 0.29) is 11.9 Å². The molecule has 0 amide bonds. The fraction of sp³-hybridized carbons (Fsp3) is 0.538. The molecule has 0 spiro atoms. The van der Waals surface area contributed by atoms with Crippen LogP contribution in [-0.2, 0) is 0 Å². The first kappa shape index (κ1) is 12.3. The second-order valence-electron chi connectivity index (χ2n) is 4.75. The smallest absolute Gasteiger partial charge is 0.130 e. The summed E-state index contributed by atoms with van der Waals surface area (Å²) in [6, 6.07) is 4.94. The van der Waals surface area contributed by atoms with Gasteiger partial charge in [0, 0.05) is 43.5 Å². The third-order valence-electron chi connectivity index (χ3n) is 3.33. The molecule has 17 heavy (non-hydrogen) atoms. The molecule has 1 aromatic rings. The fourth-order valence-electron chi connectivity index (χ4n) is 2.30. The van der Waals surface area contributed by atoms with Crippen LogP contribution in [0, 0.1) is 5.82 Å². The van der Waals surface area contributed by atoms with E-state index in [0.29, 0.717) is 5.56 Å². The predicted molar refractivity (Wildman–Crippen MR) is 68.7 cm³/mol. The Labute approximate surface area is 102 Å². The zero-order chi connectivity index (χ0) is 12.4. The second kappa shape index (κ2) is 5.02. The molecule has 94 valence electrons. The maximum Gasteiger partial charge on any atom is 0.130 e. The van der Waals surface area contributed by atoms with Crippen molar-refractivity contribution in [2.45, 2.75) is 13.0 Å². The average Bonchev–Trinajstić information content (AvgIpc) is 2.29. The van der Waals surface area contributed by atoms with E-state index < -0.39 is 0 Å². The average molecular weight is 237 g/mol. The van der Waals surface area contributed by atoms with E-state index in [1.165, 1.54) is 6.07 Å². The van der Waals surface area contributed by atoms with Crippen LogP contribution in [0.2, 0.25) is 0 Å². The molecule has 0 saturated carbocycles. The summed E-state index contributed by atoms with van der Waals surface area (Å²) in [6.45, 7) is 5.71. The van der Waals surface area contributed by atoms with Crippen LogP contribution >= 0.6 is 0 Å². The minimum Gasteiger partial charge on any atom is -0.369 e.